The molecule has 1 aromatic heterocycles. The summed E-state index contributed by atoms with van der Waals surface area (Å²) in [6, 6.07) is 13.4. The van der Waals surface area contributed by atoms with Gasteiger partial charge in [-0.1, -0.05) is 42.0 Å². The molecule has 2 aromatic carbocycles. The summed E-state index contributed by atoms with van der Waals surface area (Å²) >= 11 is 7.64. The summed E-state index contributed by atoms with van der Waals surface area (Å²) in [4.78, 5) is 20.9. The number of rotatable bonds is 6. The Morgan fingerprint density at radius 1 is 1.23 bits per heavy atom. The molecule has 0 atom stereocenters. The molecule has 0 aliphatic carbocycles. The highest BCUT2D eigenvalue weighted by Crippen LogP contribution is 2.30. The summed E-state index contributed by atoms with van der Waals surface area (Å²) in [6.07, 6.45) is 0.984. The molecule has 6 heteroatoms. The molecule has 0 saturated heterocycles. The van der Waals surface area contributed by atoms with E-state index in [9.17, 15) is 4.79 Å². The summed E-state index contributed by atoms with van der Waals surface area (Å²) in [6.45, 7) is 3.58. The predicted octanol–water partition coefficient (Wildman–Crippen LogP) is 3.30. The number of halogens is 1. The smallest absolute Gasteiger partial charge is 0.260 e. The van der Waals surface area contributed by atoms with Gasteiger partial charge < -0.3 is 4.90 Å². The molecule has 0 unspecified atom stereocenters. The number of carbonyl (C=O) groups excluding carboxylic acids is 1. The fraction of sp³-hybridized carbons (Fsp3) is 0.300. The molecule has 1 N–H and O–H groups in total. The zero-order chi connectivity index (χ0) is 18.7. The van der Waals surface area contributed by atoms with Gasteiger partial charge in [0.2, 0.25) is 0 Å². The molecule has 3 aromatic rings. The Morgan fingerprint density at radius 2 is 2.04 bits per heavy atom. The first kappa shape index (κ1) is 18.8. The summed E-state index contributed by atoms with van der Waals surface area (Å²) in [5, 5.41) is 1.30. The third-order valence-electron chi connectivity index (χ3n) is 4.23. The number of quaternary nitrogens is 1. The topological polar surface area (TPSA) is 37.6 Å². The Hall–Kier alpha value is -1.95. The molecule has 0 radical (unpaired) electrons. The van der Waals surface area contributed by atoms with Crippen molar-refractivity contribution in [3.8, 4) is 0 Å². The van der Waals surface area contributed by atoms with Crippen LogP contribution in [0.15, 0.2) is 42.5 Å². The third kappa shape index (κ3) is 4.23. The Labute approximate surface area is 163 Å². The van der Waals surface area contributed by atoms with Gasteiger partial charge in [0, 0.05) is 10.6 Å². The van der Waals surface area contributed by atoms with Crippen molar-refractivity contribution in [1.29, 1.82) is 0 Å². The second-order valence-electron chi connectivity index (χ2n) is 6.58. The van der Waals surface area contributed by atoms with E-state index in [1.165, 1.54) is 10.5 Å². The van der Waals surface area contributed by atoms with Crippen LogP contribution in [0.25, 0.3) is 10.2 Å². The van der Waals surface area contributed by atoms with Crippen LogP contribution < -0.4 is 9.80 Å². The Morgan fingerprint density at radius 3 is 2.73 bits per heavy atom. The lowest BCUT2D eigenvalue weighted by molar-refractivity contribution is -0.856. The fourth-order valence-corrected chi connectivity index (χ4v) is 3.93. The maximum atomic E-state index is 13.1. The van der Waals surface area contributed by atoms with E-state index in [1.807, 2.05) is 6.07 Å². The number of fused-ring (bicyclic) bond motifs is 1. The first-order valence-electron chi connectivity index (χ1n) is 8.74. The number of aryl methyl sites for hydroxylation is 1. The Balaban J connectivity index is 1.98. The van der Waals surface area contributed by atoms with Crippen LogP contribution in [0, 0.1) is 0 Å². The van der Waals surface area contributed by atoms with E-state index in [4.69, 9.17) is 16.6 Å². The molecule has 4 nitrogen and oxygen atoms in total. The number of thiazole rings is 1. The van der Waals surface area contributed by atoms with Gasteiger partial charge in [0.1, 0.15) is 0 Å². The van der Waals surface area contributed by atoms with Gasteiger partial charge in [-0.25, -0.2) is 4.98 Å². The zero-order valence-electron chi connectivity index (χ0n) is 15.3. The number of aromatic nitrogens is 1. The molecule has 0 spiro atoms. The fourth-order valence-electron chi connectivity index (χ4n) is 2.69. The summed E-state index contributed by atoms with van der Waals surface area (Å²) in [5.41, 5.74) is 2.79. The lowest BCUT2D eigenvalue weighted by Crippen LogP contribution is -3.06. The highest BCUT2D eigenvalue weighted by atomic mass is 35.5. The van der Waals surface area contributed by atoms with Gasteiger partial charge in [-0.2, -0.15) is 0 Å². The third-order valence-corrected chi connectivity index (χ3v) is 5.51. The minimum atomic E-state index is -0.0662. The molecule has 3 rings (SSSR count). The van der Waals surface area contributed by atoms with Gasteiger partial charge in [0.25, 0.3) is 5.91 Å². The largest absolute Gasteiger partial charge is 0.338 e. The number of nitrogens with zero attached hydrogens (tertiary/aromatic N) is 2. The van der Waals surface area contributed by atoms with Crippen LogP contribution >= 0.6 is 22.9 Å². The predicted molar refractivity (Wildman–Crippen MR) is 110 cm³/mol. The van der Waals surface area contributed by atoms with Gasteiger partial charge >= 0.3 is 0 Å². The van der Waals surface area contributed by atoms with Crippen LogP contribution in [0.1, 0.15) is 22.8 Å². The number of nitrogens with one attached hydrogen (secondary N) is 1. The molecule has 0 aliphatic rings. The first-order valence-corrected chi connectivity index (χ1v) is 9.93. The number of amides is 1. The lowest BCUT2D eigenvalue weighted by atomic mass is 10.2. The van der Waals surface area contributed by atoms with Crippen molar-refractivity contribution in [3.05, 3.63) is 58.6 Å². The van der Waals surface area contributed by atoms with Crippen LogP contribution in [-0.4, -0.2) is 38.1 Å². The minimum absolute atomic E-state index is 0.0662. The number of hydrogen-bond donors (Lipinski definition) is 1. The van der Waals surface area contributed by atoms with Crippen LogP contribution in [0.2, 0.25) is 5.02 Å². The quantitative estimate of drug-likeness (QED) is 0.703. The number of carbonyl (C=O) groups is 1. The van der Waals surface area contributed by atoms with Crippen molar-refractivity contribution in [2.45, 2.75) is 13.3 Å². The molecule has 1 heterocycles. The number of likely N-dealkylation sites (N-methyl/N-ethyl adjacent to an activating group) is 1. The maximum absolute atomic E-state index is 13.1. The Kier molecular flexibility index (Phi) is 5.91. The molecule has 1 amide bonds. The SMILES string of the molecule is CCc1ccc2nc(N(CC[NH+](C)C)C(=O)c3cccc(Cl)c3)sc2c1. The standard InChI is InChI=1S/C20H22ClN3OS/c1-4-14-8-9-17-18(12-14)26-20(22-17)24(11-10-23(2)3)19(25)15-6-5-7-16(21)13-15/h5-9,12-13H,4,10-11H2,1-3H3/p+1. The molecule has 26 heavy (non-hydrogen) atoms. The summed E-state index contributed by atoms with van der Waals surface area (Å²) < 4.78 is 1.11. The number of benzene rings is 2. The zero-order valence-corrected chi connectivity index (χ0v) is 16.8. The van der Waals surface area contributed by atoms with Gasteiger partial charge in [-0.15, -0.1) is 0 Å². The molecule has 0 bridgehead atoms. The van der Waals surface area contributed by atoms with Crippen molar-refractivity contribution in [3.63, 3.8) is 0 Å². The van der Waals surface area contributed by atoms with Crippen molar-refractivity contribution in [2.24, 2.45) is 0 Å². The van der Waals surface area contributed by atoms with Gasteiger partial charge in [0.15, 0.2) is 5.13 Å². The number of hydrogen-bond acceptors (Lipinski definition) is 3. The molecule has 136 valence electrons. The van der Waals surface area contributed by atoms with Crippen LogP contribution in [-0.2, 0) is 6.42 Å². The van der Waals surface area contributed by atoms with E-state index < -0.39 is 0 Å². The number of anilines is 1. The van der Waals surface area contributed by atoms with E-state index in [1.54, 1.807) is 40.5 Å². The average Bonchev–Trinajstić information content (AvgIpc) is 3.04. The monoisotopic (exact) mass is 388 g/mol. The first-order chi connectivity index (χ1) is 12.5. The van der Waals surface area contributed by atoms with Crippen molar-refractivity contribution in [1.82, 2.24) is 4.98 Å². The van der Waals surface area contributed by atoms with Gasteiger partial charge in [0.05, 0.1) is 37.4 Å². The van der Waals surface area contributed by atoms with Gasteiger partial charge in [-0.05, 0) is 42.3 Å². The lowest BCUT2D eigenvalue weighted by Gasteiger charge is -2.20. The molecular weight excluding hydrogens is 366 g/mol. The molecule has 0 fully saturated rings. The van der Waals surface area contributed by atoms with Crippen LogP contribution in [0.5, 0.6) is 0 Å². The Bertz CT molecular complexity index is 922. The van der Waals surface area contributed by atoms with E-state index in [0.29, 0.717) is 17.1 Å². The van der Waals surface area contributed by atoms with Crippen molar-refractivity contribution >= 4 is 44.2 Å². The summed E-state index contributed by atoms with van der Waals surface area (Å²) in [5.74, 6) is -0.0662. The normalized spacial score (nSPS) is 11.3. The van der Waals surface area contributed by atoms with Crippen molar-refractivity contribution in [2.75, 3.05) is 32.1 Å². The van der Waals surface area contributed by atoms with E-state index in [-0.39, 0.29) is 5.91 Å². The maximum Gasteiger partial charge on any atom is 0.260 e. The van der Waals surface area contributed by atoms with Crippen molar-refractivity contribution < 1.29 is 9.69 Å². The molecule has 0 saturated carbocycles. The second kappa shape index (κ2) is 8.16. The average molecular weight is 389 g/mol. The minimum Gasteiger partial charge on any atom is -0.338 e. The molecule has 0 aliphatic heterocycles. The second-order valence-corrected chi connectivity index (χ2v) is 8.02. The van der Waals surface area contributed by atoms with Crippen LogP contribution in [0.4, 0.5) is 5.13 Å². The van der Waals surface area contributed by atoms with E-state index in [2.05, 4.69) is 33.2 Å². The van der Waals surface area contributed by atoms with Crippen LogP contribution in [0.3, 0.4) is 0 Å². The van der Waals surface area contributed by atoms with E-state index in [0.717, 1.165) is 28.3 Å². The van der Waals surface area contributed by atoms with E-state index >= 15 is 0 Å². The highest BCUT2D eigenvalue weighted by Gasteiger charge is 2.22. The highest BCUT2D eigenvalue weighted by molar-refractivity contribution is 7.22. The molecular formula is C20H23ClN3OS+. The van der Waals surface area contributed by atoms with Gasteiger partial charge in [-0.3, -0.25) is 9.69 Å². The summed E-state index contributed by atoms with van der Waals surface area (Å²) in [7, 11) is 4.15.